The van der Waals surface area contributed by atoms with Crippen molar-refractivity contribution in [3.8, 4) is 22.5 Å². The molecule has 34 heavy (non-hydrogen) atoms. The molecule has 7 nitrogen and oxygen atoms in total. The van der Waals surface area contributed by atoms with E-state index in [1.165, 1.54) is 12.4 Å². The Morgan fingerprint density at radius 1 is 0.559 bits per heavy atom. The van der Waals surface area contributed by atoms with Crippen LogP contribution in [0.2, 0.25) is 0 Å². The van der Waals surface area contributed by atoms with Crippen LogP contribution < -0.4 is 10.9 Å². The summed E-state index contributed by atoms with van der Waals surface area (Å²) >= 11 is 0. The zero-order valence-corrected chi connectivity index (χ0v) is 18.0. The number of benzene rings is 3. The molecule has 0 saturated heterocycles. The quantitative estimate of drug-likeness (QED) is 0.399. The molecule has 7 heteroatoms. The molecule has 0 bridgehead atoms. The first-order valence-corrected chi connectivity index (χ1v) is 10.6. The van der Waals surface area contributed by atoms with E-state index in [0.717, 1.165) is 22.5 Å². The maximum absolute atomic E-state index is 12.7. The number of hydrogen-bond donors (Lipinski definition) is 2. The molecular weight excluding hydrogens is 426 g/mol. The average molecular weight is 445 g/mol. The standard InChI is InChI=1S/C27H19N5O2/c33-26(20-13-15-28-16-14-20)31-32-27(34)21-11-12-22-23(17-21)30-25(19-9-5-2-6-10-19)24(29-22)18-7-3-1-4-8-18/h1-17H,(H,31,33)(H,32,34). The smallest absolute Gasteiger partial charge is 0.267 e. The maximum Gasteiger partial charge on any atom is 0.269 e. The number of nitrogens with zero attached hydrogens (tertiary/aromatic N) is 3. The fraction of sp³-hybridized carbons (Fsp3) is 0. The molecule has 0 aliphatic heterocycles. The summed E-state index contributed by atoms with van der Waals surface area (Å²) in [4.78, 5) is 38.5. The van der Waals surface area contributed by atoms with Crippen molar-refractivity contribution >= 4 is 22.8 Å². The van der Waals surface area contributed by atoms with Gasteiger partial charge < -0.3 is 0 Å². The molecule has 0 radical (unpaired) electrons. The molecule has 0 spiro atoms. The zero-order chi connectivity index (χ0) is 23.3. The fourth-order valence-electron chi connectivity index (χ4n) is 3.55. The van der Waals surface area contributed by atoms with Crippen LogP contribution in [0, 0.1) is 0 Å². The van der Waals surface area contributed by atoms with E-state index < -0.39 is 11.8 Å². The molecule has 0 aliphatic carbocycles. The molecule has 0 atom stereocenters. The van der Waals surface area contributed by atoms with Crippen LogP contribution in [0.3, 0.4) is 0 Å². The summed E-state index contributed by atoms with van der Waals surface area (Å²) in [5.41, 5.74) is 10.2. The average Bonchev–Trinajstić information content (AvgIpc) is 2.92. The van der Waals surface area contributed by atoms with Crippen LogP contribution in [-0.2, 0) is 0 Å². The van der Waals surface area contributed by atoms with Gasteiger partial charge in [-0.2, -0.15) is 0 Å². The summed E-state index contributed by atoms with van der Waals surface area (Å²) in [6, 6.07) is 27.9. The van der Waals surface area contributed by atoms with Gasteiger partial charge in [0.1, 0.15) is 0 Å². The Balaban J connectivity index is 1.48. The van der Waals surface area contributed by atoms with Gasteiger partial charge >= 0.3 is 0 Å². The van der Waals surface area contributed by atoms with Gasteiger partial charge in [-0.15, -0.1) is 0 Å². The summed E-state index contributed by atoms with van der Waals surface area (Å²) in [5.74, 6) is -0.894. The van der Waals surface area contributed by atoms with Crippen molar-refractivity contribution in [3.63, 3.8) is 0 Å². The van der Waals surface area contributed by atoms with E-state index in [0.29, 0.717) is 22.2 Å². The first-order valence-electron chi connectivity index (χ1n) is 10.6. The van der Waals surface area contributed by atoms with Crippen molar-refractivity contribution in [3.05, 3.63) is 115 Å². The van der Waals surface area contributed by atoms with Gasteiger partial charge in [0, 0.05) is 34.6 Å². The largest absolute Gasteiger partial charge is 0.269 e. The second kappa shape index (κ2) is 9.30. The van der Waals surface area contributed by atoms with Crippen LogP contribution in [-0.4, -0.2) is 26.8 Å². The van der Waals surface area contributed by atoms with Gasteiger partial charge in [-0.05, 0) is 30.3 Å². The molecule has 2 aromatic heterocycles. The van der Waals surface area contributed by atoms with E-state index in [2.05, 4.69) is 15.8 Å². The first kappa shape index (κ1) is 21.0. The van der Waals surface area contributed by atoms with Gasteiger partial charge in [0.25, 0.3) is 11.8 Å². The first-order chi connectivity index (χ1) is 16.7. The van der Waals surface area contributed by atoms with Crippen molar-refractivity contribution in [2.24, 2.45) is 0 Å². The molecule has 2 amide bonds. The molecule has 0 unspecified atom stereocenters. The van der Waals surface area contributed by atoms with E-state index in [1.54, 1.807) is 30.3 Å². The lowest BCUT2D eigenvalue weighted by molar-refractivity contribution is 0.0846. The van der Waals surface area contributed by atoms with Gasteiger partial charge in [-0.25, -0.2) is 9.97 Å². The lowest BCUT2D eigenvalue weighted by Gasteiger charge is -2.12. The van der Waals surface area contributed by atoms with Crippen LogP contribution in [0.4, 0.5) is 0 Å². The Morgan fingerprint density at radius 2 is 1.09 bits per heavy atom. The highest BCUT2D eigenvalue weighted by molar-refractivity contribution is 6.01. The summed E-state index contributed by atoms with van der Waals surface area (Å²) in [6.45, 7) is 0. The Bertz CT molecular complexity index is 1470. The summed E-state index contributed by atoms with van der Waals surface area (Å²) < 4.78 is 0. The van der Waals surface area contributed by atoms with Crippen molar-refractivity contribution in [2.45, 2.75) is 0 Å². The number of amides is 2. The molecule has 5 aromatic rings. The zero-order valence-electron chi connectivity index (χ0n) is 18.0. The third-order valence-corrected chi connectivity index (χ3v) is 5.25. The molecular formula is C27H19N5O2. The van der Waals surface area contributed by atoms with E-state index in [9.17, 15) is 9.59 Å². The Morgan fingerprint density at radius 3 is 1.68 bits per heavy atom. The highest BCUT2D eigenvalue weighted by Crippen LogP contribution is 2.31. The number of nitrogens with one attached hydrogen (secondary N) is 2. The molecule has 0 saturated carbocycles. The topological polar surface area (TPSA) is 96.9 Å². The van der Waals surface area contributed by atoms with Crippen LogP contribution in [0.1, 0.15) is 20.7 Å². The number of carbonyl (C=O) groups excluding carboxylic acids is 2. The molecule has 0 aliphatic rings. The molecule has 3 aromatic carbocycles. The van der Waals surface area contributed by atoms with Crippen LogP contribution in [0.5, 0.6) is 0 Å². The third kappa shape index (κ3) is 4.35. The SMILES string of the molecule is O=C(NNC(=O)c1ccc2nc(-c3ccccc3)c(-c3ccccc3)nc2c1)c1ccncc1. The van der Waals surface area contributed by atoms with Gasteiger partial charge in [0.05, 0.1) is 22.4 Å². The van der Waals surface area contributed by atoms with E-state index >= 15 is 0 Å². The molecule has 5 rings (SSSR count). The van der Waals surface area contributed by atoms with E-state index in [4.69, 9.17) is 9.97 Å². The third-order valence-electron chi connectivity index (χ3n) is 5.25. The fourth-order valence-corrected chi connectivity index (χ4v) is 3.55. The number of fused-ring (bicyclic) bond motifs is 1. The predicted octanol–water partition coefficient (Wildman–Crippen LogP) is 4.43. The van der Waals surface area contributed by atoms with Gasteiger partial charge in [-0.3, -0.25) is 25.4 Å². The van der Waals surface area contributed by atoms with Crippen LogP contribution >= 0.6 is 0 Å². The summed E-state index contributed by atoms with van der Waals surface area (Å²) in [7, 11) is 0. The Hall–Kier alpha value is -4.91. The summed E-state index contributed by atoms with van der Waals surface area (Å²) in [5, 5.41) is 0. The number of rotatable bonds is 4. The minimum absolute atomic E-state index is 0.350. The molecule has 2 heterocycles. The summed E-state index contributed by atoms with van der Waals surface area (Å²) in [6.07, 6.45) is 3.01. The van der Waals surface area contributed by atoms with Crippen LogP contribution in [0.25, 0.3) is 33.5 Å². The highest BCUT2D eigenvalue weighted by Gasteiger charge is 2.15. The maximum atomic E-state index is 12.7. The Labute approximate surface area is 195 Å². The lowest BCUT2D eigenvalue weighted by Crippen LogP contribution is -2.41. The normalized spacial score (nSPS) is 10.6. The van der Waals surface area contributed by atoms with Gasteiger partial charge in [-0.1, -0.05) is 60.7 Å². The lowest BCUT2D eigenvalue weighted by atomic mass is 10.0. The minimum Gasteiger partial charge on any atom is -0.267 e. The van der Waals surface area contributed by atoms with E-state index in [-0.39, 0.29) is 0 Å². The van der Waals surface area contributed by atoms with Gasteiger partial charge in [0.15, 0.2) is 0 Å². The Kier molecular flexibility index (Phi) is 5.73. The highest BCUT2D eigenvalue weighted by atomic mass is 16.2. The monoisotopic (exact) mass is 445 g/mol. The number of hydrogen-bond acceptors (Lipinski definition) is 5. The van der Waals surface area contributed by atoms with Crippen molar-refractivity contribution in [1.29, 1.82) is 0 Å². The number of pyridine rings is 1. The van der Waals surface area contributed by atoms with Gasteiger partial charge in [0.2, 0.25) is 0 Å². The second-order valence-corrected chi connectivity index (χ2v) is 7.50. The number of carbonyl (C=O) groups is 2. The van der Waals surface area contributed by atoms with E-state index in [1.807, 2.05) is 60.7 Å². The number of aromatic nitrogens is 3. The minimum atomic E-state index is -0.459. The predicted molar refractivity (Wildman–Crippen MR) is 130 cm³/mol. The van der Waals surface area contributed by atoms with Crippen LogP contribution in [0.15, 0.2) is 103 Å². The van der Waals surface area contributed by atoms with Crippen molar-refractivity contribution in [1.82, 2.24) is 25.8 Å². The second-order valence-electron chi connectivity index (χ2n) is 7.50. The van der Waals surface area contributed by atoms with Crippen molar-refractivity contribution in [2.75, 3.05) is 0 Å². The molecule has 164 valence electrons. The van der Waals surface area contributed by atoms with Crippen molar-refractivity contribution < 1.29 is 9.59 Å². The molecule has 0 fully saturated rings. The molecule has 2 N–H and O–H groups in total. The number of hydrazine groups is 1.